The summed E-state index contributed by atoms with van der Waals surface area (Å²) in [4.78, 5) is 0. The molecule has 0 radical (unpaired) electrons. The Balaban J connectivity index is 3.06. The first-order valence-electron chi connectivity index (χ1n) is 4.87. The van der Waals surface area contributed by atoms with Gasteiger partial charge in [-0.1, -0.05) is 24.6 Å². The molecule has 0 spiro atoms. The van der Waals surface area contributed by atoms with Crippen LogP contribution in [0, 0.1) is 0 Å². The number of phenols is 1. The van der Waals surface area contributed by atoms with E-state index in [0.717, 1.165) is 12.0 Å². The van der Waals surface area contributed by atoms with Gasteiger partial charge >= 0.3 is 0 Å². The van der Waals surface area contributed by atoms with Crippen molar-refractivity contribution < 1.29 is 9.84 Å². The van der Waals surface area contributed by atoms with Crippen molar-refractivity contribution in [2.45, 2.75) is 19.3 Å². The van der Waals surface area contributed by atoms with Crippen LogP contribution in [0.25, 0.3) is 0 Å². The Hall–Kier alpha value is -0.930. The van der Waals surface area contributed by atoms with E-state index >= 15 is 0 Å². The molecule has 0 aliphatic carbocycles. The summed E-state index contributed by atoms with van der Waals surface area (Å²) < 4.78 is 5.00. The summed E-state index contributed by atoms with van der Waals surface area (Å²) in [5, 5.41) is 10.1. The van der Waals surface area contributed by atoms with E-state index in [0.29, 0.717) is 12.3 Å². The Labute approximate surface area is 94.8 Å². The van der Waals surface area contributed by atoms with Gasteiger partial charge in [-0.05, 0) is 30.5 Å². The molecule has 1 aromatic rings. The van der Waals surface area contributed by atoms with Gasteiger partial charge in [-0.25, -0.2) is 0 Å². The molecule has 15 heavy (non-hydrogen) atoms. The van der Waals surface area contributed by atoms with Gasteiger partial charge in [0.05, 0.1) is 7.11 Å². The highest BCUT2D eigenvalue weighted by Gasteiger charge is 2.15. The second-order valence-electron chi connectivity index (χ2n) is 3.50. The maximum Gasteiger partial charge on any atom is 0.141 e. The van der Waals surface area contributed by atoms with Gasteiger partial charge in [0.1, 0.15) is 16.5 Å². The zero-order valence-corrected chi connectivity index (χ0v) is 9.71. The molecule has 0 aliphatic heterocycles. The molecule has 3 N–H and O–H groups in total. The third-order valence-electron chi connectivity index (χ3n) is 2.46. The van der Waals surface area contributed by atoms with Crippen LogP contribution in [-0.4, -0.2) is 18.8 Å². The number of nitrogens with two attached hydrogens (primary N) is 1. The first-order valence-corrected chi connectivity index (χ1v) is 5.25. The minimum absolute atomic E-state index is 0.0944. The highest BCUT2D eigenvalue weighted by molar-refractivity contribution is 6.33. The lowest BCUT2D eigenvalue weighted by Crippen LogP contribution is -2.05. The van der Waals surface area contributed by atoms with Gasteiger partial charge in [0.15, 0.2) is 0 Å². The highest BCUT2D eigenvalue weighted by atomic mass is 35.5. The number of benzene rings is 1. The number of methoxy groups -OCH3 is 1. The zero-order chi connectivity index (χ0) is 11.4. The summed E-state index contributed by atoms with van der Waals surface area (Å²) in [6.45, 7) is 2.59. The number of hydrogen-bond acceptors (Lipinski definition) is 3. The summed E-state index contributed by atoms with van der Waals surface area (Å²) in [6, 6.07) is 3.57. The van der Waals surface area contributed by atoms with Crippen LogP contribution >= 0.6 is 11.6 Å². The molecule has 0 heterocycles. The SMILES string of the molecule is COc1ccc(C(C)CCN)c(O)c1Cl. The summed E-state index contributed by atoms with van der Waals surface area (Å²) in [5.41, 5.74) is 6.28. The third kappa shape index (κ3) is 2.55. The summed E-state index contributed by atoms with van der Waals surface area (Å²) in [5.74, 6) is 0.772. The van der Waals surface area contributed by atoms with Crippen LogP contribution in [0.5, 0.6) is 11.5 Å². The Bertz CT molecular complexity index is 342. The number of aromatic hydroxyl groups is 1. The maximum atomic E-state index is 9.85. The smallest absolute Gasteiger partial charge is 0.141 e. The number of ether oxygens (including phenoxy) is 1. The van der Waals surface area contributed by atoms with Crippen LogP contribution in [0.2, 0.25) is 5.02 Å². The fraction of sp³-hybridized carbons (Fsp3) is 0.455. The van der Waals surface area contributed by atoms with Gasteiger partial charge in [0, 0.05) is 0 Å². The van der Waals surface area contributed by atoms with E-state index < -0.39 is 0 Å². The fourth-order valence-corrected chi connectivity index (χ4v) is 1.77. The van der Waals surface area contributed by atoms with Gasteiger partial charge < -0.3 is 15.6 Å². The molecule has 4 heteroatoms. The van der Waals surface area contributed by atoms with Crippen molar-refractivity contribution in [1.29, 1.82) is 0 Å². The van der Waals surface area contributed by atoms with E-state index in [2.05, 4.69) is 0 Å². The molecular weight excluding hydrogens is 214 g/mol. The van der Waals surface area contributed by atoms with Crippen molar-refractivity contribution in [3.63, 3.8) is 0 Å². The molecule has 1 unspecified atom stereocenters. The number of rotatable bonds is 4. The van der Waals surface area contributed by atoms with Crippen molar-refractivity contribution >= 4 is 11.6 Å². The molecule has 0 aliphatic rings. The van der Waals surface area contributed by atoms with Crippen LogP contribution in [0.4, 0.5) is 0 Å². The maximum absolute atomic E-state index is 9.85. The average Bonchev–Trinajstić information content (AvgIpc) is 2.22. The molecule has 0 amide bonds. The van der Waals surface area contributed by atoms with E-state index in [9.17, 15) is 5.11 Å². The minimum atomic E-state index is 0.0944. The Morgan fingerprint density at radius 1 is 1.53 bits per heavy atom. The van der Waals surface area contributed by atoms with Crippen molar-refractivity contribution in [2.24, 2.45) is 5.73 Å². The van der Waals surface area contributed by atoms with Crippen LogP contribution in [0.1, 0.15) is 24.8 Å². The van der Waals surface area contributed by atoms with Gasteiger partial charge in [0.25, 0.3) is 0 Å². The largest absolute Gasteiger partial charge is 0.506 e. The zero-order valence-electron chi connectivity index (χ0n) is 8.96. The number of phenolic OH excluding ortho intramolecular Hbond substituents is 1. The first-order chi connectivity index (χ1) is 7.11. The van der Waals surface area contributed by atoms with E-state index in [-0.39, 0.29) is 16.7 Å². The average molecular weight is 230 g/mol. The Kier molecular flexibility index (Phi) is 4.24. The van der Waals surface area contributed by atoms with Crippen molar-refractivity contribution in [2.75, 3.05) is 13.7 Å². The quantitative estimate of drug-likeness (QED) is 0.834. The summed E-state index contributed by atoms with van der Waals surface area (Å²) in [6.07, 6.45) is 0.816. The van der Waals surface area contributed by atoms with Crippen LogP contribution in [0.3, 0.4) is 0 Å². The molecule has 1 atom stereocenters. The van der Waals surface area contributed by atoms with Crippen molar-refractivity contribution in [3.05, 3.63) is 22.7 Å². The van der Waals surface area contributed by atoms with Crippen LogP contribution in [-0.2, 0) is 0 Å². The molecule has 1 rings (SSSR count). The second kappa shape index (κ2) is 5.24. The van der Waals surface area contributed by atoms with Gasteiger partial charge in [-0.3, -0.25) is 0 Å². The van der Waals surface area contributed by atoms with Gasteiger partial charge in [-0.15, -0.1) is 0 Å². The molecule has 0 aromatic heterocycles. The molecule has 0 bridgehead atoms. The molecule has 1 aromatic carbocycles. The predicted molar refractivity (Wildman–Crippen MR) is 61.8 cm³/mol. The van der Waals surface area contributed by atoms with E-state index in [4.69, 9.17) is 22.1 Å². The van der Waals surface area contributed by atoms with E-state index in [1.165, 1.54) is 7.11 Å². The minimum Gasteiger partial charge on any atom is -0.506 e. The molecule has 3 nitrogen and oxygen atoms in total. The van der Waals surface area contributed by atoms with E-state index in [1.54, 1.807) is 6.07 Å². The van der Waals surface area contributed by atoms with Crippen LogP contribution < -0.4 is 10.5 Å². The highest BCUT2D eigenvalue weighted by Crippen LogP contribution is 2.39. The molecule has 84 valence electrons. The first kappa shape index (κ1) is 12.1. The lowest BCUT2D eigenvalue weighted by molar-refractivity contribution is 0.405. The van der Waals surface area contributed by atoms with Crippen molar-refractivity contribution in [3.8, 4) is 11.5 Å². The fourth-order valence-electron chi connectivity index (χ4n) is 1.52. The Morgan fingerprint density at radius 2 is 2.20 bits per heavy atom. The lowest BCUT2D eigenvalue weighted by Gasteiger charge is -2.14. The predicted octanol–water partition coefficient (Wildman–Crippen LogP) is 2.51. The standard InChI is InChI=1S/C11H16ClNO2/c1-7(5-6-13)8-3-4-9(15-2)10(12)11(8)14/h3-4,7,14H,5-6,13H2,1-2H3. The lowest BCUT2D eigenvalue weighted by atomic mass is 9.97. The molecule has 0 fully saturated rings. The van der Waals surface area contributed by atoms with Crippen molar-refractivity contribution in [1.82, 2.24) is 0 Å². The molecule has 0 saturated carbocycles. The Morgan fingerprint density at radius 3 is 2.73 bits per heavy atom. The molecule has 0 saturated heterocycles. The number of halogens is 1. The summed E-state index contributed by atoms with van der Waals surface area (Å²) >= 11 is 5.94. The number of hydrogen-bond donors (Lipinski definition) is 2. The topological polar surface area (TPSA) is 55.5 Å². The monoisotopic (exact) mass is 229 g/mol. The normalized spacial score (nSPS) is 12.5. The van der Waals surface area contributed by atoms with Gasteiger partial charge in [-0.2, -0.15) is 0 Å². The van der Waals surface area contributed by atoms with E-state index in [1.807, 2.05) is 13.0 Å². The van der Waals surface area contributed by atoms with Crippen LogP contribution in [0.15, 0.2) is 12.1 Å². The molecular formula is C11H16ClNO2. The summed E-state index contributed by atoms with van der Waals surface area (Å²) in [7, 11) is 1.52. The van der Waals surface area contributed by atoms with Gasteiger partial charge in [0.2, 0.25) is 0 Å². The third-order valence-corrected chi connectivity index (χ3v) is 2.83. The second-order valence-corrected chi connectivity index (χ2v) is 3.88.